The van der Waals surface area contributed by atoms with Crippen molar-refractivity contribution >= 4 is 132 Å². The largest absolute Gasteiger partial charge is 0.481 e. The highest BCUT2D eigenvalue weighted by atomic mass is 32.1. The maximum absolute atomic E-state index is 14.7. The van der Waals surface area contributed by atoms with E-state index in [2.05, 4.69) is 99.4 Å². The van der Waals surface area contributed by atoms with E-state index < -0.39 is 223 Å². The lowest BCUT2D eigenvalue weighted by atomic mass is 10.0. The van der Waals surface area contributed by atoms with Crippen LogP contribution in [0.5, 0.6) is 0 Å². The van der Waals surface area contributed by atoms with E-state index >= 15 is 0 Å². The number of aliphatic carboxylic acids is 3. The van der Waals surface area contributed by atoms with Crippen LogP contribution < -0.4 is 74.9 Å². The predicted molar refractivity (Wildman–Crippen MR) is 356 cm³/mol. The van der Waals surface area contributed by atoms with Crippen LogP contribution in [0.15, 0.2) is 4.99 Å². The molecule has 0 saturated carbocycles. The zero-order chi connectivity index (χ0) is 74.4. The number of aliphatic hydroxyl groups is 1. The van der Waals surface area contributed by atoms with E-state index in [1.807, 2.05) is 6.92 Å². The van der Waals surface area contributed by atoms with Gasteiger partial charge >= 0.3 is 17.9 Å². The van der Waals surface area contributed by atoms with Crippen LogP contribution in [0.25, 0.3) is 0 Å². The molecule has 14 amide bonds. The van der Waals surface area contributed by atoms with E-state index in [9.17, 15) is 102 Å². The van der Waals surface area contributed by atoms with Gasteiger partial charge in [0.25, 0.3) is 0 Å². The van der Waals surface area contributed by atoms with E-state index in [4.69, 9.17) is 5.73 Å². The van der Waals surface area contributed by atoms with Crippen molar-refractivity contribution < 1.29 is 102 Å². The van der Waals surface area contributed by atoms with Crippen molar-refractivity contribution in [1.82, 2.24) is 74.0 Å². The number of hydrogen-bond donors (Lipinski definition) is 20. The van der Waals surface area contributed by atoms with Crippen LogP contribution in [0.2, 0.25) is 0 Å². The summed E-state index contributed by atoms with van der Waals surface area (Å²) in [5.41, 5.74) is 5.12. The second-order valence-electron chi connectivity index (χ2n) is 24.9. The van der Waals surface area contributed by atoms with Crippen LogP contribution in [0.1, 0.15) is 131 Å². The van der Waals surface area contributed by atoms with Gasteiger partial charge in [0.1, 0.15) is 72.5 Å². The third-order valence-corrected chi connectivity index (χ3v) is 16.9. The number of nitrogens with zero attached hydrogens (tertiary/aromatic N) is 2. The number of aliphatic imine (C=N–C) groups is 1. The molecule has 0 radical (unpaired) electrons. The van der Waals surface area contributed by atoms with Crippen LogP contribution in [-0.4, -0.2) is 254 Å². The standard InChI is InChI=1S/C60H96N16O21S2/c1-28(2)23-37(53(89)66-30(4)48(84)73-38(60(96)97)24-42(61)78)72-56(92)41-13-10-22-76(41)59(95)36(11-7-8-19-64-57(93)46-29(3)18-21-63-46)71-55(91)40(27-99)74-49(85)31(5)67-58(94)47(32(6)77)75-52(88)35(15-17-45(82)83)70-54(90)39(26-98)68-43(79)25-65-50(86)34(14-16-44(80)81)69-51(87)33-12-9-20-62-33/h21,28-41,46-47,62,77,98-99H,7-20,22-27H2,1-6H3,(H2,61,78)(H,64,93)(H,65,86)(H,66,89)(H,67,94)(H,68,79)(H,69,87)(H,70,90)(H,71,91)(H,72,92)(H,73,84)(H,74,85)(H,75,88)(H,80,81)(H,82,83)(H,96,97)/t29-,30+,31+,32-,33+,34+,35+,36+,37+,38+,39+,40+,41+,46-,47+/m1/s1. The first-order valence-corrected chi connectivity index (χ1v) is 33.8. The van der Waals surface area contributed by atoms with E-state index in [1.165, 1.54) is 18.7 Å². The fourth-order valence-corrected chi connectivity index (χ4v) is 11.1. The smallest absolute Gasteiger partial charge is 0.326 e. The third-order valence-electron chi connectivity index (χ3n) is 16.2. The average molecular weight is 1440 g/mol. The Morgan fingerprint density at radius 3 is 1.64 bits per heavy atom. The number of rotatable bonds is 43. The highest BCUT2D eigenvalue weighted by Crippen LogP contribution is 2.22. The Labute approximate surface area is 582 Å². The number of carbonyl (C=O) groups excluding carboxylic acids is 14. The lowest BCUT2D eigenvalue weighted by molar-refractivity contribution is -0.144. The lowest BCUT2D eigenvalue weighted by Gasteiger charge is -2.31. The van der Waals surface area contributed by atoms with Crippen LogP contribution in [-0.2, 0) is 81.5 Å². The number of nitrogens with two attached hydrogens (primary N) is 1. The number of unbranched alkanes of at least 4 members (excludes halogenated alkanes) is 1. The van der Waals surface area contributed by atoms with Crippen LogP contribution in [0.4, 0.5) is 0 Å². The average Bonchev–Trinajstić information content (AvgIpc) is 1.75. The molecule has 0 aromatic heterocycles. The summed E-state index contributed by atoms with van der Waals surface area (Å²) in [6, 6.07) is -17.8. The Balaban J connectivity index is 1.75. The quantitative estimate of drug-likeness (QED) is 0.0199. The normalized spacial score (nSPS) is 19.6. The van der Waals surface area contributed by atoms with Gasteiger partial charge in [-0.25, -0.2) is 4.79 Å². The first-order chi connectivity index (χ1) is 46.6. The minimum Gasteiger partial charge on any atom is -0.481 e. The summed E-state index contributed by atoms with van der Waals surface area (Å²) in [7, 11) is 0. The molecule has 3 rings (SSSR count). The summed E-state index contributed by atoms with van der Waals surface area (Å²) in [5, 5.41) is 70.8. The third kappa shape index (κ3) is 28.9. The zero-order valence-electron chi connectivity index (χ0n) is 56.1. The number of primary amides is 1. The molecule has 0 spiro atoms. The molecule has 3 aliphatic rings. The fraction of sp³-hybridized carbons (Fsp3) is 0.700. The van der Waals surface area contributed by atoms with Gasteiger partial charge in [-0.15, -0.1) is 0 Å². The molecule has 2 saturated heterocycles. The van der Waals surface area contributed by atoms with Crippen molar-refractivity contribution in [2.75, 3.05) is 37.7 Å². The van der Waals surface area contributed by atoms with Crippen LogP contribution in [0, 0.1) is 11.8 Å². The maximum Gasteiger partial charge on any atom is 0.326 e. The Morgan fingerprint density at radius 2 is 1.11 bits per heavy atom. The maximum atomic E-state index is 14.7. The van der Waals surface area contributed by atoms with Crippen LogP contribution in [0.3, 0.4) is 0 Å². The first-order valence-electron chi connectivity index (χ1n) is 32.6. The fourth-order valence-electron chi connectivity index (χ4n) is 10.6. The molecule has 0 unspecified atom stereocenters. The van der Waals surface area contributed by atoms with Gasteiger partial charge < -0.3 is 100 Å². The second-order valence-corrected chi connectivity index (χ2v) is 25.6. The number of carboxylic acids is 3. The number of aliphatic hydroxyl groups excluding tert-OH is 1. The SMILES string of the molecule is CC(C)C[C@H](NC(=O)[C@@H]1CCCN1C(=O)[C@H](CCCCNC(=O)[C@@H]1N=CC[C@H]1C)NC(=O)[C@H](CS)NC(=O)[C@H](C)NC(=O)[C@@H](NC(=O)[C@H](CCC(=O)O)NC(=O)[C@H](CS)NC(=O)CNC(=O)[C@H](CCC(=O)O)NC(=O)[C@@H]1CCCN1)[C@@H](C)O)C(=O)N[C@@H](C)C(=O)N[C@@H](CC(N)=O)C(=O)O. The van der Waals surface area contributed by atoms with Gasteiger partial charge in [0.2, 0.25) is 82.7 Å². The first kappa shape index (κ1) is 84.5. The molecule has 0 aliphatic carbocycles. The van der Waals surface area contributed by atoms with Gasteiger partial charge in [0.05, 0.1) is 25.1 Å². The lowest BCUT2D eigenvalue weighted by Crippen LogP contribution is -2.61. The van der Waals surface area contributed by atoms with Crippen LogP contribution >= 0.6 is 25.3 Å². The molecule has 37 nitrogen and oxygen atoms in total. The van der Waals surface area contributed by atoms with Gasteiger partial charge in [0.15, 0.2) is 0 Å². The van der Waals surface area contributed by atoms with E-state index in [1.54, 1.807) is 20.1 Å². The Morgan fingerprint density at radius 1 is 0.576 bits per heavy atom. The van der Waals surface area contributed by atoms with Crippen molar-refractivity contribution in [3.05, 3.63) is 0 Å². The van der Waals surface area contributed by atoms with Crippen molar-refractivity contribution in [1.29, 1.82) is 0 Å². The molecule has 0 bridgehead atoms. The van der Waals surface area contributed by atoms with Crippen molar-refractivity contribution in [2.24, 2.45) is 22.6 Å². The minimum atomic E-state index is -1.91. The molecule has 554 valence electrons. The Kier molecular flexibility index (Phi) is 36.1. The minimum absolute atomic E-state index is 0.00854. The molecule has 99 heavy (non-hydrogen) atoms. The molecule has 2 fully saturated rings. The molecular formula is C60H96N16O21S2. The molecule has 15 atom stereocenters. The number of thiol groups is 2. The zero-order valence-corrected chi connectivity index (χ0v) is 57.8. The van der Waals surface area contributed by atoms with Gasteiger partial charge in [-0.1, -0.05) is 20.8 Å². The number of likely N-dealkylation sites (tertiary alicyclic amines) is 1. The molecule has 0 aromatic rings. The van der Waals surface area contributed by atoms with E-state index in [-0.39, 0.29) is 62.9 Å². The summed E-state index contributed by atoms with van der Waals surface area (Å²) < 4.78 is 0. The van der Waals surface area contributed by atoms with Gasteiger partial charge in [-0.05, 0) is 110 Å². The van der Waals surface area contributed by atoms with Gasteiger partial charge in [-0.3, -0.25) is 81.7 Å². The molecule has 0 aromatic carbocycles. The topological polar surface area (TPSA) is 569 Å². The summed E-state index contributed by atoms with van der Waals surface area (Å²) in [5.74, 6) is -17.9. The number of nitrogens with one attached hydrogen (secondary N) is 13. The molecular weight excluding hydrogens is 1340 g/mol. The highest BCUT2D eigenvalue weighted by Gasteiger charge is 2.41. The van der Waals surface area contributed by atoms with Crippen molar-refractivity contribution in [3.63, 3.8) is 0 Å². The molecule has 39 heteroatoms. The molecule has 3 heterocycles. The van der Waals surface area contributed by atoms with Gasteiger partial charge in [-0.2, -0.15) is 25.3 Å². The second kappa shape index (κ2) is 42.3. The molecule has 3 aliphatic heterocycles. The van der Waals surface area contributed by atoms with E-state index in [0.29, 0.717) is 38.6 Å². The van der Waals surface area contributed by atoms with Crippen molar-refractivity contribution in [3.8, 4) is 0 Å². The number of carboxylic acid groups (broad SMARTS) is 3. The Hall–Kier alpha value is -8.72. The van der Waals surface area contributed by atoms with Gasteiger partial charge in [0, 0.05) is 43.7 Å². The highest BCUT2D eigenvalue weighted by molar-refractivity contribution is 7.80. The Bertz CT molecular complexity index is 2960. The number of amides is 14. The van der Waals surface area contributed by atoms with E-state index in [0.717, 1.165) is 6.92 Å². The summed E-state index contributed by atoms with van der Waals surface area (Å²) in [6.07, 6.45) is -0.345. The monoisotopic (exact) mass is 1440 g/mol. The van der Waals surface area contributed by atoms with Crippen molar-refractivity contribution in [2.45, 2.75) is 216 Å². The summed E-state index contributed by atoms with van der Waals surface area (Å²) in [4.78, 5) is 228. The number of hydrogen-bond acceptors (Lipinski definition) is 22. The number of carbonyl (C=O) groups is 17. The predicted octanol–water partition coefficient (Wildman–Crippen LogP) is -6.52. The molecule has 19 N–H and O–H groups in total. The summed E-state index contributed by atoms with van der Waals surface area (Å²) in [6.45, 7) is 8.79. The summed E-state index contributed by atoms with van der Waals surface area (Å²) >= 11 is 8.35.